The molecule has 0 unspecified atom stereocenters. The van der Waals surface area contributed by atoms with Gasteiger partial charge in [-0.2, -0.15) is 0 Å². The lowest BCUT2D eigenvalue weighted by Crippen LogP contribution is -2.15. The van der Waals surface area contributed by atoms with Crippen LogP contribution in [0, 0.1) is 0 Å². The highest BCUT2D eigenvalue weighted by atomic mass is 16.5. The quantitative estimate of drug-likeness (QED) is 0.726. The molecule has 0 fully saturated rings. The summed E-state index contributed by atoms with van der Waals surface area (Å²) in [5.41, 5.74) is 1.47. The highest BCUT2D eigenvalue weighted by Crippen LogP contribution is 2.17. The third-order valence-corrected chi connectivity index (χ3v) is 2.76. The summed E-state index contributed by atoms with van der Waals surface area (Å²) in [6.45, 7) is 0.441. The molecule has 0 spiro atoms. The summed E-state index contributed by atoms with van der Waals surface area (Å²) in [6.07, 6.45) is 0. The van der Waals surface area contributed by atoms with Crippen molar-refractivity contribution in [1.29, 1.82) is 0 Å². The number of benzene rings is 1. The summed E-state index contributed by atoms with van der Waals surface area (Å²) in [5.74, 6) is 1.13. The largest absolute Gasteiger partial charge is 0.462 e. The van der Waals surface area contributed by atoms with E-state index in [0.717, 1.165) is 17.2 Å². The average Bonchev–Trinajstić information content (AvgIpc) is 2.93. The molecule has 0 bridgehead atoms. The zero-order chi connectivity index (χ0) is 15.1. The van der Waals surface area contributed by atoms with Gasteiger partial charge in [0.15, 0.2) is 0 Å². The van der Waals surface area contributed by atoms with Crippen LogP contribution in [0.3, 0.4) is 0 Å². The van der Waals surface area contributed by atoms with Crippen molar-refractivity contribution in [3.05, 3.63) is 47.9 Å². The van der Waals surface area contributed by atoms with Crippen LogP contribution in [0.25, 0.3) is 0 Å². The Labute approximate surface area is 122 Å². The van der Waals surface area contributed by atoms with Gasteiger partial charge in [0, 0.05) is 18.5 Å². The van der Waals surface area contributed by atoms with E-state index in [2.05, 4.69) is 10.6 Å². The second-order valence-electron chi connectivity index (χ2n) is 4.44. The minimum absolute atomic E-state index is 0.442. The number of ether oxygens (including phenoxy) is 1. The van der Waals surface area contributed by atoms with Crippen LogP contribution in [0.4, 0.5) is 11.4 Å². The molecule has 6 heteroatoms. The molecule has 2 aromatic rings. The van der Waals surface area contributed by atoms with Crippen LogP contribution in [0.2, 0.25) is 0 Å². The molecule has 0 atom stereocenters. The number of hydrogen-bond acceptors (Lipinski definition) is 5. The molecule has 2 rings (SSSR count). The van der Waals surface area contributed by atoms with Crippen molar-refractivity contribution in [2.24, 2.45) is 0 Å². The number of furan rings is 1. The molecule has 0 aliphatic heterocycles. The van der Waals surface area contributed by atoms with Gasteiger partial charge in [-0.25, -0.2) is 0 Å². The Balaban J connectivity index is 1.93. The van der Waals surface area contributed by atoms with Crippen LogP contribution >= 0.6 is 0 Å². The van der Waals surface area contributed by atoms with Gasteiger partial charge >= 0.3 is 0 Å². The van der Waals surface area contributed by atoms with Crippen molar-refractivity contribution in [2.45, 2.75) is 13.2 Å². The van der Waals surface area contributed by atoms with Crippen molar-refractivity contribution in [1.82, 2.24) is 0 Å². The van der Waals surface area contributed by atoms with E-state index in [1.165, 1.54) is 0 Å². The Hall–Kier alpha value is -2.31. The van der Waals surface area contributed by atoms with Crippen LogP contribution in [0.15, 0.2) is 40.8 Å². The standard InChI is InChI=1S/C15H18N2O4/c1-20-10-14-6-5-13(21-14)8-16-11-3-2-4-12(7-11)17-15(19)9-18/h2-7,16,18H,8-10H2,1H3,(H,17,19). The first kappa shape index (κ1) is 15.1. The lowest BCUT2D eigenvalue weighted by molar-refractivity contribution is -0.118. The molecular weight excluding hydrogens is 272 g/mol. The fourth-order valence-corrected chi connectivity index (χ4v) is 1.83. The first-order valence-corrected chi connectivity index (χ1v) is 6.52. The second kappa shape index (κ2) is 7.47. The second-order valence-corrected chi connectivity index (χ2v) is 4.44. The first-order chi connectivity index (χ1) is 10.2. The van der Waals surface area contributed by atoms with Crippen LogP contribution in [0.5, 0.6) is 0 Å². The average molecular weight is 290 g/mol. The molecule has 1 aromatic heterocycles. The lowest BCUT2D eigenvalue weighted by atomic mass is 10.2. The van der Waals surface area contributed by atoms with Gasteiger partial charge in [0.25, 0.3) is 0 Å². The number of rotatable bonds is 7. The monoisotopic (exact) mass is 290 g/mol. The molecule has 0 aliphatic carbocycles. The van der Waals surface area contributed by atoms with Crippen molar-refractivity contribution < 1.29 is 19.1 Å². The van der Waals surface area contributed by atoms with Gasteiger partial charge in [-0.15, -0.1) is 0 Å². The first-order valence-electron chi connectivity index (χ1n) is 6.52. The van der Waals surface area contributed by atoms with Gasteiger partial charge in [0.1, 0.15) is 24.7 Å². The van der Waals surface area contributed by atoms with Crippen LogP contribution in [-0.4, -0.2) is 24.7 Å². The van der Waals surface area contributed by atoms with E-state index in [-0.39, 0.29) is 0 Å². The van der Waals surface area contributed by atoms with Gasteiger partial charge in [0.2, 0.25) is 5.91 Å². The number of anilines is 2. The fourth-order valence-electron chi connectivity index (χ4n) is 1.83. The molecule has 112 valence electrons. The highest BCUT2D eigenvalue weighted by molar-refractivity contribution is 5.91. The molecule has 0 saturated heterocycles. The minimum atomic E-state index is -0.535. The summed E-state index contributed by atoms with van der Waals surface area (Å²) >= 11 is 0. The Morgan fingerprint density at radius 3 is 2.76 bits per heavy atom. The Morgan fingerprint density at radius 1 is 1.24 bits per heavy atom. The predicted octanol–water partition coefficient (Wildman–Crippen LogP) is 1.97. The number of amides is 1. The molecule has 0 aliphatic rings. The number of aliphatic hydroxyl groups is 1. The van der Waals surface area contributed by atoms with Crippen molar-refractivity contribution in [2.75, 3.05) is 24.4 Å². The Bertz CT molecular complexity index is 595. The fraction of sp³-hybridized carbons (Fsp3) is 0.267. The van der Waals surface area contributed by atoms with E-state index in [0.29, 0.717) is 18.8 Å². The van der Waals surface area contributed by atoms with Crippen molar-refractivity contribution in [3.8, 4) is 0 Å². The third-order valence-electron chi connectivity index (χ3n) is 2.76. The molecular formula is C15H18N2O4. The number of hydrogen-bond donors (Lipinski definition) is 3. The summed E-state index contributed by atoms with van der Waals surface area (Å²) in [5, 5.41) is 14.5. The number of carbonyl (C=O) groups is 1. The molecule has 21 heavy (non-hydrogen) atoms. The van der Waals surface area contributed by atoms with Crippen LogP contribution in [-0.2, 0) is 22.7 Å². The maximum absolute atomic E-state index is 11.1. The molecule has 0 saturated carbocycles. The van der Waals surface area contributed by atoms with Crippen LogP contribution in [0.1, 0.15) is 11.5 Å². The van der Waals surface area contributed by atoms with Gasteiger partial charge in [-0.1, -0.05) is 6.07 Å². The molecule has 6 nitrogen and oxygen atoms in total. The number of nitrogens with one attached hydrogen (secondary N) is 2. The van der Waals surface area contributed by atoms with Gasteiger partial charge in [-0.05, 0) is 30.3 Å². The van der Waals surface area contributed by atoms with E-state index >= 15 is 0 Å². The van der Waals surface area contributed by atoms with Gasteiger partial charge in [0.05, 0.1) is 6.54 Å². The third kappa shape index (κ3) is 4.62. The summed E-state index contributed by atoms with van der Waals surface area (Å²) in [6, 6.07) is 11.0. The van der Waals surface area contributed by atoms with E-state index in [1.54, 1.807) is 19.2 Å². The topological polar surface area (TPSA) is 83.7 Å². The molecule has 1 amide bonds. The lowest BCUT2D eigenvalue weighted by Gasteiger charge is -2.08. The Kier molecular flexibility index (Phi) is 5.36. The van der Waals surface area contributed by atoms with Crippen molar-refractivity contribution in [3.63, 3.8) is 0 Å². The van der Waals surface area contributed by atoms with Gasteiger partial charge < -0.3 is 24.9 Å². The molecule has 0 radical (unpaired) electrons. The summed E-state index contributed by atoms with van der Waals surface area (Å²) < 4.78 is 10.6. The maximum Gasteiger partial charge on any atom is 0.250 e. The zero-order valence-corrected chi connectivity index (χ0v) is 11.8. The van der Waals surface area contributed by atoms with E-state index in [4.69, 9.17) is 14.3 Å². The van der Waals surface area contributed by atoms with Crippen LogP contribution < -0.4 is 10.6 Å². The zero-order valence-electron chi connectivity index (χ0n) is 11.8. The van der Waals surface area contributed by atoms with E-state index < -0.39 is 12.5 Å². The van der Waals surface area contributed by atoms with E-state index in [1.807, 2.05) is 24.3 Å². The number of carbonyl (C=O) groups excluding carboxylic acids is 1. The maximum atomic E-state index is 11.1. The number of aliphatic hydroxyl groups excluding tert-OH is 1. The SMILES string of the molecule is COCc1ccc(CNc2cccc(NC(=O)CO)c2)o1. The Morgan fingerprint density at radius 2 is 2.00 bits per heavy atom. The predicted molar refractivity (Wildman–Crippen MR) is 78.9 cm³/mol. The molecule has 1 heterocycles. The number of methoxy groups -OCH3 is 1. The highest BCUT2D eigenvalue weighted by Gasteiger charge is 2.03. The van der Waals surface area contributed by atoms with E-state index in [9.17, 15) is 4.79 Å². The summed E-state index contributed by atoms with van der Waals surface area (Å²) in [7, 11) is 1.62. The summed E-state index contributed by atoms with van der Waals surface area (Å²) in [4.78, 5) is 11.1. The van der Waals surface area contributed by atoms with Crippen molar-refractivity contribution >= 4 is 17.3 Å². The molecule has 1 aromatic carbocycles. The smallest absolute Gasteiger partial charge is 0.250 e. The normalized spacial score (nSPS) is 10.4. The molecule has 3 N–H and O–H groups in total. The minimum Gasteiger partial charge on any atom is -0.462 e. The van der Waals surface area contributed by atoms with Gasteiger partial charge in [-0.3, -0.25) is 4.79 Å².